The van der Waals surface area contributed by atoms with E-state index in [0.29, 0.717) is 4.64 Å². The molecule has 3 nitrogen and oxygen atoms in total. The molecule has 19 heavy (non-hydrogen) atoms. The molecule has 0 radical (unpaired) electrons. The van der Waals surface area contributed by atoms with E-state index < -0.39 is 0 Å². The standard InChI is InChI=1S/C15H16N2OS/c1-9-13(16-10(2)17-15(9)19)12-7-3-5-11-6-4-8-18-14(11)12/h3,5,7H,4,6,8H2,1-2H3,(H,16,17,19). The maximum atomic E-state index is 5.87. The molecule has 0 unspecified atom stereocenters. The van der Waals surface area contributed by atoms with Crippen LogP contribution in [0, 0.1) is 18.5 Å². The predicted octanol–water partition coefficient (Wildman–Crippen LogP) is 3.75. The van der Waals surface area contributed by atoms with Crippen LogP contribution in [0.2, 0.25) is 0 Å². The van der Waals surface area contributed by atoms with Gasteiger partial charge in [-0.3, -0.25) is 0 Å². The van der Waals surface area contributed by atoms with Crippen LogP contribution < -0.4 is 4.74 Å². The van der Waals surface area contributed by atoms with Gasteiger partial charge in [0.2, 0.25) is 0 Å². The van der Waals surface area contributed by atoms with Gasteiger partial charge in [-0.25, -0.2) is 4.98 Å². The zero-order valence-corrected chi connectivity index (χ0v) is 11.9. The van der Waals surface area contributed by atoms with Crippen molar-refractivity contribution in [2.45, 2.75) is 26.7 Å². The molecule has 1 aliphatic heterocycles. The predicted molar refractivity (Wildman–Crippen MR) is 78.1 cm³/mol. The number of aromatic nitrogens is 2. The molecule has 0 bridgehead atoms. The van der Waals surface area contributed by atoms with Gasteiger partial charge in [0, 0.05) is 11.1 Å². The molecule has 3 rings (SSSR count). The summed E-state index contributed by atoms with van der Waals surface area (Å²) in [6.07, 6.45) is 2.16. The van der Waals surface area contributed by atoms with Gasteiger partial charge in [-0.05, 0) is 38.3 Å². The molecule has 1 aromatic carbocycles. The topological polar surface area (TPSA) is 37.9 Å². The van der Waals surface area contributed by atoms with Crippen LogP contribution in [0.25, 0.3) is 11.3 Å². The number of benzene rings is 1. The molecule has 1 aliphatic rings. The van der Waals surface area contributed by atoms with E-state index in [-0.39, 0.29) is 0 Å². The van der Waals surface area contributed by atoms with Gasteiger partial charge in [-0.2, -0.15) is 0 Å². The molecule has 0 aliphatic carbocycles. The lowest BCUT2D eigenvalue weighted by Crippen LogP contribution is -2.10. The van der Waals surface area contributed by atoms with E-state index in [1.54, 1.807) is 0 Å². The fourth-order valence-electron chi connectivity index (χ4n) is 2.50. The Labute approximate surface area is 117 Å². The highest BCUT2D eigenvalue weighted by molar-refractivity contribution is 7.71. The Kier molecular flexibility index (Phi) is 3.11. The number of para-hydroxylation sites is 1. The Morgan fingerprint density at radius 3 is 3.00 bits per heavy atom. The lowest BCUT2D eigenvalue weighted by molar-refractivity contribution is 0.289. The van der Waals surface area contributed by atoms with E-state index in [1.165, 1.54) is 5.56 Å². The van der Waals surface area contributed by atoms with Crippen molar-refractivity contribution < 1.29 is 4.74 Å². The monoisotopic (exact) mass is 272 g/mol. The summed E-state index contributed by atoms with van der Waals surface area (Å²) < 4.78 is 6.52. The quantitative estimate of drug-likeness (QED) is 0.803. The van der Waals surface area contributed by atoms with E-state index in [1.807, 2.05) is 13.8 Å². The minimum atomic E-state index is 0.652. The summed E-state index contributed by atoms with van der Waals surface area (Å²) in [7, 11) is 0. The van der Waals surface area contributed by atoms with Crippen molar-refractivity contribution in [2.75, 3.05) is 6.61 Å². The van der Waals surface area contributed by atoms with Gasteiger partial charge in [0.15, 0.2) is 0 Å². The highest BCUT2D eigenvalue weighted by atomic mass is 32.1. The Bertz CT molecular complexity index is 691. The summed E-state index contributed by atoms with van der Waals surface area (Å²) in [6.45, 7) is 4.71. The fraction of sp³-hybridized carbons (Fsp3) is 0.333. The Balaban J connectivity index is 2.26. The van der Waals surface area contributed by atoms with Gasteiger partial charge in [-0.1, -0.05) is 24.4 Å². The van der Waals surface area contributed by atoms with Gasteiger partial charge in [0.25, 0.3) is 0 Å². The summed E-state index contributed by atoms with van der Waals surface area (Å²) in [5, 5.41) is 0. The van der Waals surface area contributed by atoms with Crippen molar-refractivity contribution in [1.82, 2.24) is 9.97 Å². The number of aryl methyl sites for hydroxylation is 2. The molecule has 4 heteroatoms. The van der Waals surface area contributed by atoms with Crippen molar-refractivity contribution in [2.24, 2.45) is 0 Å². The summed E-state index contributed by atoms with van der Waals surface area (Å²) in [6, 6.07) is 6.29. The normalized spacial score (nSPS) is 13.8. The number of H-pyrrole nitrogens is 1. The van der Waals surface area contributed by atoms with Crippen molar-refractivity contribution >= 4 is 12.2 Å². The molecule has 2 heterocycles. The number of ether oxygens (including phenoxy) is 1. The van der Waals surface area contributed by atoms with Crippen LogP contribution in [0.5, 0.6) is 5.75 Å². The molecule has 0 atom stereocenters. The average Bonchev–Trinajstić information content (AvgIpc) is 2.42. The first-order valence-electron chi connectivity index (χ1n) is 6.49. The van der Waals surface area contributed by atoms with Gasteiger partial charge in [0.05, 0.1) is 12.3 Å². The molecule has 1 aromatic heterocycles. The van der Waals surface area contributed by atoms with E-state index >= 15 is 0 Å². The van der Waals surface area contributed by atoms with Crippen LogP contribution in [0.3, 0.4) is 0 Å². The van der Waals surface area contributed by atoms with Crippen LogP contribution in [0.15, 0.2) is 18.2 Å². The molecule has 2 aromatic rings. The molecule has 0 fully saturated rings. The first-order chi connectivity index (χ1) is 9.16. The zero-order valence-electron chi connectivity index (χ0n) is 11.1. The lowest BCUT2D eigenvalue weighted by atomic mass is 9.99. The smallest absolute Gasteiger partial charge is 0.133 e. The number of nitrogens with zero attached hydrogens (tertiary/aromatic N) is 1. The van der Waals surface area contributed by atoms with E-state index in [9.17, 15) is 0 Å². The SMILES string of the molecule is Cc1nc(=S)c(C)c(-c2cccc3c2OCCC3)[nH]1. The summed E-state index contributed by atoms with van der Waals surface area (Å²) in [4.78, 5) is 7.61. The van der Waals surface area contributed by atoms with E-state index in [4.69, 9.17) is 17.0 Å². The number of fused-ring (bicyclic) bond motifs is 1. The van der Waals surface area contributed by atoms with Crippen molar-refractivity contribution in [1.29, 1.82) is 0 Å². The summed E-state index contributed by atoms with van der Waals surface area (Å²) >= 11 is 5.31. The number of rotatable bonds is 1. The maximum Gasteiger partial charge on any atom is 0.133 e. The van der Waals surface area contributed by atoms with Gasteiger partial charge < -0.3 is 9.72 Å². The fourth-order valence-corrected chi connectivity index (χ4v) is 2.74. The first-order valence-corrected chi connectivity index (χ1v) is 6.90. The van der Waals surface area contributed by atoms with Gasteiger partial charge in [-0.15, -0.1) is 0 Å². The third kappa shape index (κ3) is 2.16. The second kappa shape index (κ2) is 4.78. The minimum Gasteiger partial charge on any atom is -0.493 e. The second-order valence-electron chi connectivity index (χ2n) is 4.87. The van der Waals surface area contributed by atoms with Crippen LogP contribution >= 0.6 is 12.2 Å². The molecule has 0 amide bonds. The third-order valence-electron chi connectivity index (χ3n) is 3.47. The van der Waals surface area contributed by atoms with Crippen molar-refractivity contribution in [3.63, 3.8) is 0 Å². The first kappa shape index (κ1) is 12.4. The van der Waals surface area contributed by atoms with E-state index in [0.717, 1.165) is 47.8 Å². The van der Waals surface area contributed by atoms with Crippen molar-refractivity contribution in [3.8, 4) is 17.0 Å². The number of nitrogens with one attached hydrogen (secondary N) is 1. The second-order valence-corrected chi connectivity index (χ2v) is 5.26. The molecule has 98 valence electrons. The van der Waals surface area contributed by atoms with Crippen molar-refractivity contribution in [3.05, 3.63) is 39.8 Å². The van der Waals surface area contributed by atoms with Gasteiger partial charge >= 0.3 is 0 Å². The molecular formula is C15H16N2OS. The average molecular weight is 272 g/mol. The number of hydrogen-bond donors (Lipinski definition) is 1. The largest absolute Gasteiger partial charge is 0.493 e. The Morgan fingerprint density at radius 1 is 1.32 bits per heavy atom. The lowest BCUT2D eigenvalue weighted by Gasteiger charge is -2.21. The number of aromatic amines is 1. The highest BCUT2D eigenvalue weighted by Gasteiger charge is 2.17. The molecule has 0 saturated carbocycles. The molecule has 0 spiro atoms. The van der Waals surface area contributed by atoms with Crippen LogP contribution in [-0.4, -0.2) is 16.6 Å². The molecule has 1 N–H and O–H groups in total. The Morgan fingerprint density at radius 2 is 2.16 bits per heavy atom. The third-order valence-corrected chi connectivity index (χ3v) is 3.87. The molecular weight excluding hydrogens is 256 g/mol. The number of hydrogen-bond acceptors (Lipinski definition) is 3. The van der Waals surface area contributed by atoms with Gasteiger partial charge in [0.1, 0.15) is 16.2 Å². The highest BCUT2D eigenvalue weighted by Crippen LogP contribution is 2.36. The van der Waals surface area contributed by atoms with Crippen LogP contribution in [-0.2, 0) is 6.42 Å². The minimum absolute atomic E-state index is 0.652. The van der Waals surface area contributed by atoms with Crippen LogP contribution in [0.1, 0.15) is 23.4 Å². The zero-order chi connectivity index (χ0) is 13.4. The summed E-state index contributed by atoms with van der Waals surface area (Å²) in [5.41, 5.74) is 4.39. The van der Waals surface area contributed by atoms with Crippen LogP contribution in [0.4, 0.5) is 0 Å². The Hall–Kier alpha value is -1.68. The molecule has 0 saturated heterocycles. The summed E-state index contributed by atoms with van der Waals surface area (Å²) in [5.74, 6) is 1.83. The van der Waals surface area contributed by atoms with E-state index in [2.05, 4.69) is 28.2 Å². The maximum absolute atomic E-state index is 5.87.